The quantitative estimate of drug-likeness (QED) is 0.281. The third-order valence-electron chi connectivity index (χ3n) is 6.06. The van der Waals surface area contributed by atoms with E-state index in [0.29, 0.717) is 11.1 Å². The molecular formula is C22H23F3O3. The largest absolute Gasteiger partial charge is 0.455 e. The van der Waals surface area contributed by atoms with E-state index in [1.807, 2.05) is 6.92 Å². The number of allylic oxidation sites excluding steroid dienone is 2. The maximum Gasteiger partial charge on any atom is 0.416 e. The van der Waals surface area contributed by atoms with E-state index >= 15 is 0 Å². The first kappa shape index (κ1) is 19.2. The molecule has 2 aliphatic heterocycles. The Kier molecular flexibility index (Phi) is 4.65. The smallest absolute Gasteiger partial charge is 0.416 e. The summed E-state index contributed by atoms with van der Waals surface area (Å²) in [4.78, 5) is 12.6. The Morgan fingerprint density at radius 2 is 1.93 bits per heavy atom. The van der Waals surface area contributed by atoms with Gasteiger partial charge in [-0.15, -0.1) is 0 Å². The van der Waals surface area contributed by atoms with Gasteiger partial charge in [0.2, 0.25) is 0 Å². The first-order chi connectivity index (χ1) is 13.2. The van der Waals surface area contributed by atoms with E-state index < -0.39 is 17.7 Å². The molecule has 0 N–H and O–H groups in total. The van der Waals surface area contributed by atoms with Crippen LogP contribution in [0.4, 0.5) is 13.2 Å². The Morgan fingerprint density at radius 3 is 2.61 bits per heavy atom. The molecule has 0 saturated carbocycles. The van der Waals surface area contributed by atoms with Crippen LogP contribution in [0.25, 0.3) is 6.08 Å². The third-order valence-corrected chi connectivity index (χ3v) is 6.06. The van der Waals surface area contributed by atoms with E-state index in [1.165, 1.54) is 17.7 Å². The fourth-order valence-electron chi connectivity index (χ4n) is 4.27. The van der Waals surface area contributed by atoms with Crippen LogP contribution in [0, 0.1) is 5.92 Å². The van der Waals surface area contributed by atoms with Gasteiger partial charge in [-0.05, 0) is 63.3 Å². The van der Waals surface area contributed by atoms with Crippen LogP contribution in [0.15, 0.2) is 41.5 Å². The fourth-order valence-corrected chi connectivity index (χ4v) is 4.27. The second kappa shape index (κ2) is 6.76. The first-order valence-corrected chi connectivity index (χ1v) is 9.61. The number of hydrogen-bond donors (Lipinski definition) is 0. The summed E-state index contributed by atoms with van der Waals surface area (Å²) in [5, 5.41) is 0. The highest BCUT2D eigenvalue weighted by atomic mass is 19.4. The molecule has 0 unspecified atom stereocenters. The normalized spacial score (nSPS) is 36.2. The summed E-state index contributed by atoms with van der Waals surface area (Å²) in [7, 11) is 0. The van der Waals surface area contributed by atoms with Crippen molar-refractivity contribution in [3.05, 3.63) is 52.6 Å². The zero-order chi connectivity index (χ0) is 20.1. The lowest BCUT2D eigenvalue weighted by Crippen LogP contribution is -2.28. The van der Waals surface area contributed by atoms with Crippen molar-refractivity contribution in [2.45, 2.75) is 63.5 Å². The molecule has 0 amide bonds. The summed E-state index contributed by atoms with van der Waals surface area (Å²) in [6.07, 6.45) is 2.49. The van der Waals surface area contributed by atoms with Gasteiger partial charge in [0, 0.05) is 11.5 Å². The molecule has 0 spiro atoms. The summed E-state index contributed by atoms with van der Waals surface area (Å²) >= 11 is 0. The second-order valence-corrected chi connectivity index (χ2v) is 8.17. The standard InChI is InChI=1S/C22H23F3O3/c1-13-4-3-11-21(2)19(28-21)18-16(10-5-13)17(20(26)27-18)12-14-6-8-15(9-7-14)22(23,24)25/h4,6-9,12,16,18-19H,3,5,10-11H2,1-2H3/b13-4+,17-12+/t16-,18-,19-,21+/m0/s1. The average Bonchev–Trinajstić information content (AvgIpc) is 3.20. The van der Waals surface area contributed by atoms with Crippen molar-refractivity contribution in [3.8, 4) is 0 Å². The van der Waals surface area contributed by atoms with Crippen LogP contribution in [-0.4, -0.2) is 23.8 Å². The van der Waals surface area contributed by atoms with Gasteiger partial charge in [-0.3, -0.25) is 0 Å². The average molecular weight is 392 g/mol. The van der Waals surface area contributed by atoms with Gasteiger partial charge in [0.05, 0.1) is 11.2 Å². The maximum atomic E-state index is 12.8. The highest BCUT2D eigenvalue weighted by Gasteiger charge is 2.61. The molecule has 1 aliphatic carbocycles. The number of fused-ring (bicyclic) bond motifs is 3. The number of carbonyl (C=O) groups excluding carboxylic acids is 1. The van der Waals surface area contributed by atoms with Gasteiger partial charge in [-0.1, -0.05) is 23.8 Å². The minimum atomic E-state index is -4.38. The highest BCUT2D eigenvalue weighted by molar-refractivity contribution is 5.96. The molecule has 0 aromatic heterocycles. The van der Waals surface area contributed by atoms with Gasteiger partial charge in [0.1, 0.15) is 12.2 Å². The molecule has 0 radical (unpaired) electrons. The molecule has 3 nitrogen and oxygen atoms in total. The molecule has 1 aromatic rings. The number of halogens is 3. The lowest BCUT2D eigenvalue weighted by Gasteiger charge is -2.19. The van der Waals surface area contributed by atoms with Gasteiger partial charge >= 0.3 is 12.1 Å². The Balaban J connectivity index is 1.63. The van der Waals surface area contributed by atoms with Crippen molar-refractivity contribution in [2.24, 2.45) is 5.92 Å². The molecule has 1 aromatic carbocycles. The van der Waals surface area contributed by atoms with E-state index in [1.54, 1.807) is 6.08 Å². The van der Waals surface area contributed by atoms with E-state index in [-0.39, 0.29) is 23.7 Å². The summed E-state index contributed by atoms with van der Waals surface area (Å²) in [5.41, 5.74) is 1.37. The third kappa shape index (κ3) is 3.62. The van der Waals surface area contributed by atoms with Crippen LogP contribution in [0.1, 0.15) is 50.7 Å². The zero-order valence-corrected chi connectivity index (χ0v) is 15.9. The molecule has 4 rings (SSSR count). The van der Waals surface area contributed by atoms with Crippen molar-refractivity contribution in [2.75, 3.05) is 0 Å². The van der Waals surface area contributed by atoms with Crippen molar-refractivity contribution >= 4 is 12.0 Å². The first-order valence-electron chi connectivity index (χ1n) is 9.61. The lowest BCUT2D eigenvalue weighted by molar-refractivity contribution is -0.140. The monoisotopic (exact) mass is 392 g/mol. The van der Waals surface area contributed by atoms with E-state index in [2.05, 4.69) is 13.0 Å². The zero-order valence-electron chi connectivity index (χ0n) is 15.9. The number of carbonyl (C=O) groups is 1. The van der Waals surface area contributed by atoms with Gasteiger partial charge in [0.25, 0.3) is 0 Å². The molecule has 2 saturated heterocycles. The molecule has 0 bridgehead atoms. The van der Waals surface area contributed by atoms with Crippen LogP contribution < -0.4 is 0 Å². The topological polar surface area (TPSA) is 38.8 Å². The number of hydrogen-bond acceptors (Lipinski definition) is 3. The fraction of sp³-hybridized carbons (Fsp3) is 0.500. The van der Waals surface area contributed by atoms with E-state index in [0.717, 1.165) is 37.8 Å². The number of esters is 1. The lowest BCUT2D eigenvalue weighted by atomic mass is 9.83. The van der Waals surface area contributed by atoms with Crippen LogP contribution in [0.3, 0.4) is 0 Å². The SMILES string of the molecule is C/C1=C\CC[C@@]2(C)O[C@H]2[C@H]2OC(=O)/C(=C/c3ccc(C(F)(F)F)cc3)[C@@H]2CC1. The Bertz CT molecular complexity index is 838. The Labute approximate surface area is 162 Å². The summed E-state index contributed by atoms with van der Waals surface area (Å²) in [6, 6.07) is 4.84. The summed E-state index contributed by atoms with van der Waals surface area (Å²) < 4.78 is 49.9. The number of rotatable bonds is 1. The molecular weight excluding hydrogens is 369 g/mol. The minimum Gasteiger partial charge on any atom is -0.455 e. The number of epoxide rings is 1. The van der Waals surface area contributed by atoms with Crippen LogP contribution in [0.5, 0.6) is 0 Å². The summed E-state index contributed by atoms with van der Waals surface area (Å²) in [6.45, 7) is 4.13. The predicted octanol–water partition coefficient (Wildman–Crippen LogP) is 5.31. The predicted molar refractivity (Wildman–Crippen MR) is 98.3 cm³/mol. The molecule has 28 heavy (non-hydrogen) atoms. The van der Waals surface area contributed by atoms with Crippen LogP contribution >= 0.6 is 0 Å². The Morgan fingerprint density at radius 1 is 1.21 bits per heavy atom. The Hall–Kier alpha value is -2.08. The van der Waals surface area contributed by atoms with Crippen LogP contribution in [0.2, 0.25) is 0 Å². The van der Waals surface area contributed by atoms with E-state index in [9.17, 15) is 18.0 Å². The molecule has 3 aliphatic rings. The number of alkyl halides is 3. The van der Waals surface area contributed by atoms with Crippen LogP contribution in [-0.2, 0) is 20.4 Å². The van der Waals surface area contributed by atoms with Gasteiger partial charge in [-0.2, -0.15) is 13.2 Å². The van der Waals surface area contributed by atoms with Gasteiger partial charge < -0.3 is 9.47 Å². The van der Waals surface area contributed by atoms with Gasteiger partial charge in [-0.25, -0.2) is 4.79 Å². The van der Waals surface area contributed by atoms with Crippen molar-refractivity contribution in [3.63, 3.8) is 0 Å². The molecule has 2 heterocycles. The number of ether oxygens (including phenoxy) is 2. The number of benzene rings is 1. The maximum absolute atomic E-state index is 12.8. The molecule has 4 atom stereocenters. The van der Waals surface area contributed by atoms with Gasteiger partial charge in [0.15, 0.2) is 0 Å². The molecule has 2 fully saturated rings. The molecule has 150 valence electrons. The summed E-state index contributed by atoms with van der Waals surface area (Å²) in [5.74, 6) is -0.517. The second-order valence-electron chi connectivity index (χ2n) is 8.17. The van der Waals surface area contributed by atoms with Crippen molar-refractivity contribution in [1.29, 1.82) is 0 Å². The van der Waals surface area contributed by atoms with Crippen molar-refractivity contribution < 1.29 is 27.4 Å². The highest BCUT2D eigenvalue weighted by Crippen LogP contribution is 2.50. The van der Waals surface area contributed by atoms with E-state index in [4.69, 9.17) is 9.47 Å². The molecule has 6 heteroatoms. The minimum absolute atomic E-state index is 0.119. The van der Waals surface area contributed by atoms with Crippen molar-refractivity contribution in [1.82, 2.24) is 0 Å².